The maximum atomic E-state index is 11.6. The van der Waals surface area contributed by atoms with E-state index in [0.29, 0.717) is 11.3 Å². The summed E-state index contributed by atoms with van der Waals surface area (Å²) in [5.74, 6) is -0.342. The van der Waals surface area contributed by atoms with E-state index in [1.54, 1.807) is 0 Å². The lowest BCUT2D eigenvalue weighted by molar-refractivity contribution is 0.102. The molecule has 0 saturated heterocycles. The number of nitrogens with zero attached hydrogens (tertiary/aromatic N) is 1. The highest BCUT2D eigenvalue weighted by Gasteiger charge is 2.10. The number of hydrogen-bond acceptors (Lipinski definition) is 4. The first kappa shape index (κ1) is 12.6. The Morgan fingerprint density at radius 1 is 1.28 bits per heavy atom. The van der Waals surface area contributed by atoms with Crippen LogP contribution in [0.3, 0.4) is 0 Å². The Bertz CT molecular complexity index is 650. The fourth-order valence-corrected chi connectivity index (χ4v) is 2.05. The van der Waals surface area contributed by atoms with Crippen molar-refractivity contribution in [3.8, 4) is 0 Å². The molecule has 2 rings (SSSR count). The van der Waals surface area contributed by atoms with Gasteiger partial charge in [-0.05, 0) is 24.3 Å². The molecule has 0 aliphatic carbocycles. The van der Waals surface area contributed by atoms with Crippen LogP contribution in [0.4, 0.5) is 5.69 Å². The fraction of sp³-hybridized carbons (Fsp3) is 0. The van der Waals surface area contributed by atoms with Crippen LogP contribution in [-0.4, -0.2) is 24.5 Å². The minimum absolute atomic E-state index is 0.0227. The number of benzene rings is 1. The summed E-state index contributed by atoms with van der Waals surface area (Å²) in [5.41, 5.74) is 0.842. The van der Waals surface area contributed by atoms with Crippen LogP contribution in [0, 0.1) is 0 Å². The van der Waals surface area contributed by atoms with Gasteiger partial charge in [0.1, 0.15) is 0 Å². The Hall–Kier alpha value is -1.86. The highest BCUT2D eigenvalue weighted by atomic mass is 35.7. The predicted molar refractivity (Wildman–Crippen MR) is 66.0 cm³/mol. The zero-order valence-electron chi connectivity index (χ0n) is 8.92. The molecule has 6 nitrogen and oxygen atoms in total. The zero-order valence-corrected chi connectivity index (χ0v) is 10.5. The molecule has 0 radical (unpaired) electrons. The van der Waals surface area contributed by atoms with E-state index in [9.17, 15) is 13.2 Å². The summed E-state index contributed by atoms with van der Waals surface area (Å²) < 4.78 is 22.0. The number of hydrogen-bond donors (Lipinski definition) is 2. The minimum atomic E-state index is -3.75. The van der Waals surface area contributed by atoms with E-state index < -0.39 is 9.05 Å². The Labute approximate surface area is 107 Å². The average Bonchev–Trinajstić information content (AvgIpc) is 2.82. The minimum Gasteiger partial charge on any atom is -0.322 e. The van der Waals surface area contributed by atoms with Gasteiger partial charge in [-0.1, -0.05) is 0 Å². The van der Waals surface area contributed by atoms with E-state index in [4.69, 9.17) is 10.7 Å². The summed E-state index contributed by atoms with van der Waals surface area (Å²) >= 11 is 0. The first-order valence-corrected chi connectivity index (χ1v) is 7.12. The van der Waals surface area contributed by atoms with E-state index in [-0.39, 0.29) is 10.8 Å². The third-order valence-electron chi connectivity index (χ3n) is 2.15. The topological polar surface area (TPSA) is 91.9 Å². The van der Waals surface area contributed by atoms with Crippen molar-refractivity contribution in [3.63, 3.8) is 0 Å². The molecule has 1 aromatic heterocycles. The Morgan fingerprint density at radius 2 is 1.94 bits per heavy atom. The van der Waals surface area contributed by atoms with Gasteiger partial charge in [-0.15, -0.1) is 0 Å². The molecule has 94 valence electrons. The lowest BCUT2D eigenvalue weighted by atomic mass is 10.3. The molecule has 18 heavy (non-hydrogen) atoms. The SMILES string of the molecule is O=C(Nc1ccc(S(=O)(=O)Cl)cc1)c1cn[nH]c1. The van der Waals surface area contributed by atoms with Crippen LogP contribution >= 0.6 is 10.7 Å². The van der Waals surface area contributed by atoms with E-state index >= 15 is 0 Å². The molecule has 0 fully saturated rings. The second kappa shape index (κ2) is 4.79. The van der Waals surface area contributed by atoms with Crippen LogP contribution in [0.1, 0.15) is 10.4 Å². The number of carbonyl (C=O) groups is 1. The summed E-state index contributed by atoms with van der Waals surface area (Å²) in [4.78, 5) is 11.6. The quantitative estimate of drug-likeness (QED) is 0.838. The molecule has 1 amide bonds. The number of nitrogens with one attached hydrogen (secondary N) is 2. The maximum Gasteiger partial charge on any atom is 0.261 e. The lowest BCUT2D eigenvalue weighted by Gasteiger charge is -2.03. The van der Waals surface area contributed by atoms with Gasteiger partial charge in [0.2, 0.25) is 0 Å². The predicted octanol–water partition coefficient (Wildman–Crippen LogP) is 1.59. The van der Waals surface area contributed by atoms with Crippen molar-refractivity contribution in [2.45, 2.75) is 4.90 Å². The van der Waals surface area contributed by atoms with E-state index in [2.05, 4.69) is 15.5 Å². The molecule has 0 aliphatic heterocycles. The van der Waals surface area contributed by atoms with Crippen LogP contribution in [-0.2, 0) is 9.05 Å². The van der Waals surface area contributed by atoms with Crippen molar-refractivity contribution in [2.75, 3.05) is 5.32 Å². The van der Waals surface area contributed by atoms with E-state index in [1.807, 2.05) is 0 Å². The maximum absolute atomic E-state index is 11.6. The van der Waals surface area contributed by atoms with Gasteiger partial charge in [0.05, 0.1) is 16.7 Å². The van der Waals surface area contributed by atoms with Gasteiger partial charge in [-0.25, -0.2) is 8.42 Å². The van der Waals surface area contributed by atoms with Crippen molar-refractivity contribution in [2.24, 2.45) is 0 Å². The van der Waals surface area contributed by atoms with Crippen LogP contribution in [0.25, 0.3) is 0 Å². The van der Waals surface area contributed by atoms with Gasteiger partial charge in [0.25, 0.3) is 15.0 Å². The monoisotopic (exact) mass is 285 g/mol. The van der Waals surface area contributed by atoms with Crippen molar-refractivity contribution in [1.82, 2.24) is 10.2 Å². The molecule has 0 atom stereocenters. The molecule has 2 N–H and O–H groups in total. The van der Waals surface area contributed by atoms with Crippen molar-refractivity contribution >= 4 is 31.3 Å². The smallest absolute Gasteiger partial charge is 0.261 e. The highest BCUT2D eigenvalue weighted by molar-refractivity contribution is 8.13. The number of amides is 1. The van der Waals surface area contributed by atoms with Crippen LogP contribution in [0.2, 0.25) is 0 Å². The first-order valence-electron chi connectivity index (χ1n) is 4.82. The first-order chi connectivity index (χ1) is 8.47. The third kappa shape index (κ3) is 2.88. The molecule has 0 saturated carbocycles. The number of anilines is 1. The summed E-state index contributed by atoms with van der Waals surface area (Å²) in [5, 5.41) is 8.75. The van der Waals surface area contributed by atoms with Crippen LogP contribution in [0.5, 0.6) is 0 Å². The molecule has 0 unspecified atom stereocenters. The molecular formula is C10H8ClN3O3S. The summed E-state index contributed by atoms with van der Waals surface area (Å²) in [6.07, 6.45) is 2.83. The number of H-pyrrole nitrogens is 1. The summed E-state index contributed by atoms with van der Waals surface area (Å²) in [6.45, 7) is 0. The Balaban J connectivity index is 2.14. The van der Waals surface area contributed by atoms with Crippen molar-refractivity contribution in [3.05, 3.63) is 42.2 Å². The van der Waals surface area contributed by atoms with Gasteiger partial charge < -0.3 is 5.32 Å². The van der Waals surface area contributed by atoms with Gasteiger partial charge in [0.15, 0.2) is 0 Å². The molecule has 0 bridgehead atoms. The summed E-state index contributed by atoms with van der Waals surface area (Å²) in [6, 6.07) is 5.53. The number of aromatic nitrogens is 2. The van der Waals surface area contributed by atoms with E-state index in [0.717, 1.165) is 0 Å². The van der Waals surface area contributed by atoms with E-state index in [1.165, 1.54) is 36.7 Å². The molecule has 2 aromatic rings. The lowest BCUT2D eigenvalue weighted by Crippen LogP contribution is -2.10. The highest BCUT2D eigenvalue weighted by Crippen LogP contribution is 2.18. The zero-order chi connectivity index (χ0) is 13.2. The standard InChI is InChI=1S/C10H8ClN3O3S/c11-18(16,17)9-3-1-8(2-4-9)14-10(15)7-5-12-13-6-7/h1-6H,(H,12,13)(H,14,15). The molecule has 0 spiro atoms. The Kier molecular flexibility index (Phi) is 3.35. The molecular weight excluding hydrogens is 278 g/mol. The second-order valence-electron chi connectivity index (χ2n) is 3.40. The van der Waals surface area contributed by atoms with Gasteiger partial charge >= 0.3 is 0 Å². The average molecular weight is 286 g/mol. The molecule has 0 aliphatic rings. The largest absolute Gasteiger partial charge is 0.322 e. The van der Waals surface area contributed by atoms with Gasteiger partial charge in [-0.2, -0.15) is 5.10 Å². The normalized spacial score (nSPS) is 11.2. The number of carbonyl (C=O) groups excluding carboxylic acids is 1. The number of rotatable bonds is 3. The van der Waals surface area contributed by atoms with Crippen molar-refractivity contribution < 1.29 is 13.2 Å². The third-order valence-corrected chi connectivity index (χ3v) is 3.52. The fourth-order valence-electron chi connectivity index (χ4n) is 1.28. The van der Waals surface area contributed by atoms with Crippen LogP contribution in [0.15, 0.2) is 41.6 Å². The summed E-state index contributed by atoms with van der Waals surface area (Å²) in [7, 11) is 1.42. The number of halogens is 1. The van der Waals surface area contributed by atoms with Gasteiger partial charge in [-0.3, -0.25) is 9.89 Å². The molecule has 1 aromatic carbocycles. The Morgan fingerprint density at radius 3 is 2.44 bits per heavy atom. The molecule has 8 heteroatoms. The molecule has 1 heterocycles. The number of aromatic amines is 1. The van der Waals surface area contributed by atoms with Crippen molar-refractivity contribution in [1.29, 1.82) is 0 Å². The van der Waals surface area contributed by atoms with Crippen LogP contribution < -0.4 is 5.32 Å². The van der Waals surface area contributed by atoms with Gasteiger partial charge in [0, 0.05) is 22.6 Å². The second-order valence-corrected chi connectivity index (χ2v) is 5.97.